The van der Waals surface area contributed by atoms with Gasteiger partial charge in [-0.05, 0) is 31.9 Å². The highest BCUT2D eigenvalue weighted by Gasteiger charge is 2.34. The number of aliphatic hydroxyl groups excluding tert-OH is 1. The molecule has 76 valence electrons. The molecule has 0 radical (unpaired) electrons. The Kier molecular flexibility index (Phi) is 2.57. The van der Waals surface area contributed by atoms with Crippen LogP contribution in [0.2, 0.25) is 0 Å². The van der Waals surface area contributed by atoms with Gasteiger partial charge < -0.3 is 10.4 Å². The highest BCUT2D eigenvalue weighted by molar-refractivity contribution is 5.30. The van der Waals surface area contributed by atoms with Crippen molar-refractivity contribution < 1.29 is 5.11 Å². The zero-order chi connectivity index (χ0) is 10.0. The Labute approximate surface area is 85.0 Å². The van der Waals surface area contributed by atoms with E-state index in [1.807, 2.05) is 0 Å². The van der Waals surface area contributed by atoms with Gasteiger partial charge >= 0.3 is 0 Å². The summed E-state index contributed by atoms with van der Waals surface area (Å²) in [6, 6.07) is 8.40. The highest BCUT2D eigenvalue weighted by Crippen LogP contribution is 2.30. The molecule has 0 spiro atoms. The summed E-state index contributed by atoms with van der Waals surface area (Å²) < 4.78 is 0. The minimum Gasteiger partial charge on any atom is -0.394 e. The fraction of sp³-hybridized carbons (Fsp3) is 0.500. The zero-order valence-electron chi connectivity index (χ0n) is 8.59. The monoisotopic (exact) mass is 191 g/mol. The summed E-state index contributed by atoms with van der Waals surface area (Å²) in [6.07, 6.45) is 2.18. The first-order chi connectivity index (χ1) is 6.77. The van der Waals surface area contributed by atoms with E-state index in [4.69, 9.17) is 0 Å². The summed E-state index contributed by atoms with van der Waals surface area (Å²) in [5.74, 6) is 0. The molecule has 1 fully saturated rings. The van der Waals surface area contributed by atoms with E-state index in [1.54, 1.807) is 0 Å². The molecule has 2 N–H and O–H groups in total. The Morgan fingerprint density at radius 2 is 2.36 bits per heavy atom. The van der Waals surface area contributed by atoms with Gasteiger partial charge in [-0.3, -0.25) is 0 Å². The molecule has 1 heterocycles. The summed E-state index contributed by atoms with van der Waals surface area (Å²) in [5.41, 5.74) is 2.30. The minimum absolute atomic E-state index is 0.175. The van der Waals surface area contributed by atoms with E-state index in [-0.39, 0.29) is 12.1 Å². The van der Waals surface area contributed by atoms with Crippen LogP contribution >= 0.6 is 0 Å². The van der Waals surface area contributed by atoms with E-state index in [9.17, 15) is 5.11 Å². The first kappa shape index (κ1) is 9.69. The molecule has 0 aliphatic carbocycles. The van der Waals surface area contributed by atoms with E-state index < -0.39 is 0 Å². The van der Waals surface area contributed by atoms with Crippen LogP contribution in [0.4, 0.5) is 0 Å². The van der Waals surface area contributed by atoms with E-state index in [2.05, 4.69) is 36.5 Å². The Morgan fingerprint density at radius 3 is 2.93 bits per heavy atom. The molecule has 2 heteroatoms. The average Bonchev–Trinajstić information content (AvgIpc) is 2.67. The van der Waals surface area contributed by atoms with Crippen LogP contribution in [-0.4, -0.2) is 18.3 Å². The molecular formula is C12H17NO. The van der Waals surface area contributed by atoms with Crippen LogP contribution in [0.3, 0.4) is 0 Å². The third-order valence-corrected chi connectivity index (χ3v) is 3.08. The quantitative estimate of drug-likeness (QED) is 0.743. The number of aliphatic hydroxyl groups is 1. The van der Waals surface area contributed by atoms with Crippen LogP contribution in [0.5, 0.6) is 0 Å². The molecular weight excluding hydrogens is 174 g/mol. The van der Waals surface area contributed by atoms with Gasteiger partial charge in [0.1, 0.15) is 0 Å². The number of hydrogen-bond donors (Lipinski definition) is 2. The fourth-order valence-electron chi connectivity index (χ4n) is 2.22. The topological polar surface area (TPSA) is 32.3 Å². The van der Waals surface area contributed by atoms with Crippen LogP contribution in [0.25, 0.3) is 0 Å². The summed E-state index contributed by atoms with van der Waals surface area (Å²) in [4.78, 5) is 0. The third kappa shape index (κ3) is 1.56. The van der Waals surface area contributed by atoms with E-state index in [0.717, 1.165) is 19.4 Å². The molecule has 1 aliphatic rings. The Morgan fingerprint density at radius 1 is 1.50 bits per heavy atom. The number of hydrogen-bond acceptors (Lipinski definition) is 2. The van der Waals surface area contributed by atoms with Gasteiger partial charge in [-0.1, -0.05) is 29.8 Å². The minimum atomic E-state index is -0.175. The normalized spacial score (nSPS) is 26.7. The Bertz CT molecular complexity index is 316. The number of rotatable bonds is 2. The second-order valence-corrected chi connectivity index (χ2v) is 4.14. The standard InChI is InChI=1S/C12H17NO/c1-10-4-2-5-11(8-10)12(9-14)6-3-7-13-12/h2,4-5,8,13-14H,3,6-7,9H2,1H3. The van der Waals surface area contributed by atoms with Crippen molar-refractivity contribution in [2.24, 2.45) is 0 Å². The maximum atomic E-state index is 9.50. The number of aryl methyl sites for hydroxylation is 1. The van der Waals surface area contributed by atoms with Crippen molar-refractivity contribution >= 4 is 0 Å². The van der Waals surface area contributed by atoms with Crippen molar-refractivity contribution in [3.8, 4) is 0 Å². The molecule has 1 aliphatic heterocycles. The molecule has 2 rings (SSSR count). The lowest BCUT2D eigenvalue weighted by molar-refractivity contribution is 0.178. The Balaban J connectivity index is 2.35. The molecule has 1 aromatic rings. The molecule has 0 amide bonds. The van der Waals surface area contributed by atoms with Crippen molar-refractivity contribution in [3.05, 3.63) is 35.4 Å². The first-order valence-corrected chi connectivity index (χ1v) is 5.20. The van der Waals surface area contributed by atoms with Gasteiger partial charge in [-0.15, -0.1) is 0 Å². The van der Waals surface area contributed by atoms with E-state index in [0.29, 0.717) is 0 Å². The van der Waals surface area contributed by atoms with Crippen molar-refractivity contribution in [3.63, 3.8) is 0 Å². The van der Waals surface area contributed by atoms with Crippen molar-refractivity contribution in [1.82, 2.24) is 5.32 Å². The lowest BCUT2D eigenvalue weighted by Crippen LogP contribution is -2.40. The number of benzene rings is 1. The van der Waals surface area contributed by atoms with Crippen molar-refractivity contribution in [1.29, 1.82) is 0 Å². The number of nitrogens with one attached hydrogen (secondary N) is 1. The maximum Gasteiger partial charge on any atom is 0.0669 e. The third-order valence-electron chi connectivity index (χ3n) is 3.08. The summed E-state index contributed by atoms with van der Waals surface area (Å²) in [6.45, 7) is 3.29. The van der Waals surface area contributed by atoms with Crippen LogP contribution in [0.15, 0.2) is 24.3 Å². The second kappa shape index (κ2) is 3.71. The zero-order valence-corrected chi connectivity index (χ0v) is 8.59. The Hall–Kier alpha value is -0.860. The first-order valence-electron chi connectivity index (χ1n) is 5.20. The van der Waals surface area contributed by atoms with Gasteiger partial charge in [0.05, 0.1) is 12.1 Å². The average molecular weight is 191 g/mol. The molecule has 2 nitrogen and oxygen atoms in total. The lowest BCUT2D eigenvalue weighted by atomic mass is 9.88. The second-order valence-electron chi connectivity index (χ2n) is 4.14. The summed E-state index contributed by atoms with van der Waals surface area (Å²) in [5, 5.41) is 12.9. The molecule has 1 unspecified atom stereocenters. The SMILES string of the molecule is Cc1cccc(C2(CO)CCCN2)c1. The van der Waals surface area contributed by atoms with Gasteiger partial charge in [0.2, 0.25) is 0 Å². The molecule has 1 aromatic carbocycles. The molecule has 0 bridgehead atoms. The smallest absolute Gasteiger partial charge is 0.0669 e. The maximum absolute atomic E-state index is 9.50. The largest absolute Gasteiger partial charge is 0.394 e. The van der Waals surface area contributed by atoms with Crippen LogP contribution in [0, 0.1) is 6.92 Å². The van der Waals surface area contributed by atoms with Gasteiger partial charge in [0.15, 0.2) is 0 Å². The van der Waals surface area contributed by atoms with Crippen LogP contribution in [-0.2, 0) is 5.54 Å². The summed E-state index contributed by atoms with van der Waals surface area (Å²) in [7, 11) is 0. The molecule has 0 saturated carbocycles. The van der Waals surface area contributed by atoms with Crippen molar-refractivity contribution in [2.45, 2.75) is 25.3 Å². The molecule has 1 atom stereocenters. The van der Waals surface area contributed by atoms with Crippen molar-refractivity contribution in [2.75, 3.05) is 13.2 Å². The summed E-state index contributed by atoms with van der Waals surface area (Å²) >= 11 is 0. The van der Waals surface area contributed by atoms with Gasteiger partial charge in [-0.25, -0.2) is 0 Å². The predicted octanol–water partition coefficient (Wildman–Crippen LogP) is 1.57. The predicted molar refractivity (Wildman–Crippen MR) is 57.2 cm³/mol. The van der Waals surface area contributed by atoms with Gasteiger partial charge in [0.25, 0.3) is 0 Å². The van der Waals surface area contributed by atoms with Gasteiger partial charge in [0, 0.05) is 0 Å². The molecule has 0 aromatic heterocycles. The molecule has 14 heavy (non-hydrogen) atoms. The van der Waals surface area contributed by atoms with Crippen LogP contribution < -0.4 is 5.32 Å². The van der Waals surface area contributed by atoms with Gasteiger partial charge in [-0.2, -0.15) is 0 Å². The molecule has 1 saturated heterocycles. The fourth-order valence-corrected chi connectivity index (χ4v) is 2.22. The van der Waals surface area contributed by atoms with E-state index >= 15 is 0 Å². The van der Waals surface area contributed by atoms with Crippen LogP contribution in [0.1, 0.15) is 24.0 Å². The highest BCUT2D eigenvalue weighted by atomic mass is 16.3. The lowest BCUT2D eigenvalue weighted by Gasteiger charge is -2.28. The van der Waals surface area contributed by atoms with E-state index in [1.165, 1.54) is 11.1 Å².